The Morgan fingerprint density at radius 1 is 1.30 bits per heavy atom. The van der Waals surface area contributed by atoms with Crippen LogP contribution in [0.2, 0.25) is 0 Å². The number of hydrogen-bond acceptors (Lipinski definition) is 4. The quantitative estimate of drug-likeness (QED) is 0.695. The number of benzene rings is 1. The number of nitrogens with zero attached hydrogens (tertiary/aromatic N) is 1. The lowest BCUT2D eigenvalue weighted by molar-refractivity contribution is -0.143. The number of likely N-dealkylation sites (tertiary alicyclic amines) is 1. The van der Waals surface area contributed by atoms with E-state index in [-0.39, 0.29) is 25.3 Å². The lowest BCUT2D eigenvalue weighted by atomic mass is 10.1. The summed E-state index contributed by atoms with van der Waals surface area (Å²) < 4.78 is 0. The lowest BCUT2D eigenvalue weighted by Gasteiger charge is -2.24. The first-order chi connectivity index (χ1) is 10.9. The molecule has 0 aromatic heterocycles. The Labute approximate surface area is 133 Å². The van der Waals surface area contributed by atoms with Crippen LogP contribution in [-0.2, 0) is 20.8 Å². The fraction of sp³-hybridized carbons (Fsp3) is 0.438. The Morgan fingerprint density at radius 2 is 1.96 bits per heavy atom. The molecule has 1 saturated heterocycles. The number of nitrogens with one attached hydrogen (secondary N) is 1. The summed E-state index contributed by atoms with van der Waals surface area (Å²) in [5.74, 6) is -2.02. The molecular weight excluding hydrogens is 300 g/mol. The van der Waals surface area contributed by atoms with E-state index in [1.165, 1.54) is 11.8 Å². The van der Waals surface area contributed by atoms with Crippen molar-refractivity contribution in [1.29, 1.82) is 0 Å². The Kier molecular flexibility index (Phi) is 5.33. The SMILES string of the molecule is CC(=O)N1C[C@H](O)C[C@H]1C(=O)N[C@@H](Cc1ccccc1)C(=O)O. The number of β-amino-alcohol motifs (C(OH)–C–C–N with tert-alkyl or cyclic N) is 1. The third-order valence-electron chi connectivity index (χ3n) is 3.88. The molecule has 2 amide bonds. The maximum absolute atomic E-state index is 12.3. The molecule has 0 saturated carbocycles. The number of carboxylic acids is 1. The van der Waals surface area contributed by atoms with E-state index >= 15 is 0 Å². The number of aliphatic hydroxyl groups is 1. The lowest BCUT2D eigenvalue weighted by Crippen LogP contribution is -2.51. The molecule has 3 N–H and O–H groups in total. The summed E-state index contributed by atoms with van der Waals surface area (Å²) in [6, 6.07) is 7.05. The van der Waals surface area contributed by atoms with Crippen LogP contribution in [0, 0.1) is 0 Å². The molecule has 2 rings (SSSR count). The first kappa shape index (κ1) is 17.0. The van der Waals surface area contributed by atoms with E-state index in [9.17, 15) is 24.6 Å². The Bertz CT molecular complexity index is 589. The van der Waals surface area contributed by atoms with Crippen molar-refractivity contribution in [3.05, 3.63) is 35.9 Å². The van der Waals surface area contributed by atoms with Crippen LogP contribution in [0.4, 0.5) is 0 Å². The number of rotatable bonds is 5. The van der Waals surface area contributed by atoms with Crippen molar-refractivity contribution < 1.29 is 24.6 Å². The monoisotopic (exact) mass is 320 g/mol. The Balaban J connectivity index is 2.06. The van der Waals surface area contributed by atoms with Crippen LogP contribution < -0.4 is 5.32 Å². The molecule has 0 bridgehead atoms. The first-order valence-corrected chi connectivity index (χ1v) is 7.41. The Hall–Kier alpha value is -2.41. The molecule has 23 heavy (non-hydrogen) atoms. The molecule has 1 heterocycles. The van der Waals surface area contributed by atoms with Crippen LogP contribution in [0.15, 0.2) is 30.3 Å². The van der Waals surface area contributed by atoms with Gasteiger partial charge in [-0.1, -0.05) is 30.3 Å². The normalized spacial score (nSPS) is 21.7. The number of carboxylic acid groups (broad SMARTS) is 1. The van der Waals surface area contributed by atoms with Crippen molar-refractivity contribution in [3.8, 4) is 0 Å². The second-order valence-electron chi connectivity index (χ2n) is 5.67. The van der Waals surface area contributed by atoms with Gasteiger partial charge in [0.25, 0.3) is 0 Å². The van der Waals surface area contributed by atoms with Gasteiger partial charge in [-0.15, -0.1) is 0 Å². The first-order valence-electron chi connectivity index (χ1n) is 7.41. The molecular formula is C16H20N2O5. The van der Waals surface area contributed by atoms with Gasteiger partial charge in [0.2, 0.25) is 11.8 Å². The summed E-state index contributed by atoms with van der Waals surface area (Å²) in [6.07, 6.45) is -0.507. The van der Waals surface area contributed by atoms with Crippen molar-refractivity contribution >= 4 is 17.8 Å². The van der Waals surface area contributed by atoms with Crippen molar-refractivity contribution in [3.63, 3.8) is 0 Å². The summed E-state index contributed by atoms with van der Waals surface area (Å²) in [5.41, 5.74) is 0.787. The second kappa shape index (κ2) is 7.23. The fourth-order valence-electron chi connectivity index (χ4n) is 2.73. The van der Waals surface area contributed by atoms with Gasteiger partial charge in [0.05, 0.1) is 6.10 Å². The Morgan fingerprint density at radius 3 is 2.52 bits per heavy atom. The molecule has 0 unspecified atom stereocenters. The second-order valence-corrected chi connectivity index (χ2v) is 5.67. The summed E-state index contributed by atoms with van der Waals surface area (Å²) in [5, 5.41) is 21.4. The highest BCUT2D eigenvalue weighted by Gasteiger charge is 2.38. The van der Waals surface area contributed by atoms with E-state index in [4.69, 9.17) is 0 Å². The topological polar surface area (TPSA) is 107 Å². The number of amides is 2. The van der Waals surface area contributed by atoms with Crippen LogP contribution in [0.1, 0.15) is 18.9 Å². The van der Waals surface area contributed by atoms with E-state index in [2.05, 4.69) is 5.32 Å². The minimum Gasteiger partial charge on any atom is -0.480 e. The van der Waals surface area contributed by atoms with Crippen LogP contribution in [0.3, 0.4) is 0 Å². The highest BCUT2D eigenvalue weighted by Crippen LogP contribution is 2.18. The number of carbonyl (C=O) groups excluding carboxylic acids is 2. The predicted octanol–water partition coefficient (Wildman–Crippen LogP) is -0.220. The molecule has 1 aliphatic heterocycles. The van der Waals surface area contributed by atoms with Crippen molar-refractivity contribution in [1.82, 2.24) is 10.2 Å². The van der Waals surface area contributed by atoms with Crippen molar-refractivity contribution in [2.24, 2.45) is 0 Å². The van der Waals surface area contributed by atoms with Gasteiger partial charge >= 0.3 is 5.97 Å². The summed E-state index contributed by atoms with van der Waals surface area (Å²) in [7, 11) is 0. The van der Waals surface area contributed by atoms with E-state index in [0.29, 0.717) is 0 Å². The molecule has 0 spiro atoms. The van der Waals surface area contributed by atoms with Crippen molar-refractivity contribution in [2.45, 2.75) is 38.0 Å². The average molecular weight is 320 g/mol. The van der Waals surface area contributed by atoms with E-state index in [1.54, 1.807) is 24.3 Å². The molecule has 7 nitrogen and oxygen atoms in total. The highest BCUT2D eigenvalue weighted by atomic mass is 16.4. The van der Waals surface area contributed by atoms with Gasteiger partial charge in [-0.25, -0.2) is 4.79 Å². The van der Waals surface area contributed by atoms with Gasteiger partial charge in [0, 0.05) is 26.3 Å². The smallest absolute Gasteiger partial charge is 0.326 e. The number of carbonyl (C=O) groups is 3. The molecule has 0 aliphatic carbocycles. The summed E-state index contributed by atoms with van der Waals surface area (Å²) >= 11 is 0. The number of aliphatic hydroxyl groups excluding tert-OH is 1. The van der Waals surface area contributed by atoms with Crippen LogP contribution >= 0.6 is 0 Å². The average Bonchev–Trinajstić information content (AvgIpc) is 2.90. The predicted molar refractivity (Wildman–Crippen MR) is 81.5 cm³/mol. The van der Waals surface area contributed by atoms with Crippen molar-refractivity contribution in [2.75, 3.05) is 6.54 Å². The maximum Gasteiger partial charge on any atom is 0.326 e. The molecule has 0 radical (unpaired) electrons. The number of aliphatic carboxylic acids is 1. The minimum absolute atomic E-state index is 0.0871. The van der Waals surface area contributed by atoms with Gasteiger partial charge < -0.3 is 20.4 Å². The molecule has 1 aromatic rings. The van der Waals surface area contributed by atoms with E-state index < -0.39 is 30.1 Å². The van der Waals surface area contributed by atoms with Crippen LogP contribution in [0.5, 0.6) is 0 Å². The zero-order valence-corrected chi connectivity index (χ0v) is 12.8. The highest BCUT2D eigenvalue weighted by molar-refractivity contribution is 5.90. The summed E-state index contributed by atoms with van der Waals surface area (Å²) in [6.45, 7) is 1.40. The van der Waals surface area contributed by atoms with Gasteiger partial charge in [0.1, 0.15) is 12.1 Å². The van der Waals surface area contributed by atoms with Gasteiger partial charge in [0.15, 0.2) is 0 Å². The molecule has 124 valence electrons. The van der Waals surface area contributed by atoms with Gasteiger partial charge in [-0.2, -0.15) is 0 Å². The molecule has 7 heteroatoms. The molecule has 3 atom stereocenters. The van der Waals surface area contributed by atoms with Gasteiger partial charge in [-0.3, -0.25) is 9.59 Å². The standard InChI is InChI=1S/C16H20N2O5/c1-10(19)18-9-12(20)8-14(18)15(21)17-13(16(22)23)7-11-5-3-2-4-6-11/h2-6,12-14,20H,7-9H2,1H3,(H,17,21)(H,22,23)/t12-,13+,14+/m1/s1. The maximum atomic E-state index is 12.3. The third kappa shape index (κ3) is 4.29. The van der Waals surface area contributed by atoms with Crippen LogP contribution in [0.25, 0.3) is 0 Å². The summed E-state index contributed by atoms with van der Waals surface area (Å²) in [4.78, 5) is 36.5. The zero-order chi connectivity index (χ0) is 17.0. The molecule has 1 aliphatic rings. The van der Waals surface area contributed by atoms with E-state index in [0.717, 1.165) is 5.56 Å². The molecule has 1 aromatic carbocycles. The largest absolute Gasteiger partial charge is 0.480 e. The minimum atomic E-state index is -1.14. The fourth-order valence-corrected chi connectivity index (χ4v) is 2.73. The van der Waals surface area contributed by atoms with Gasteiger partial charge in [-0.05, 0) is 5.56 Å². The van der Waals surface area contributed by atoms with Crippen LogP contribution in [-0.4, -0.2) is 57.6 Å². The molecule has 1 fully saturated rings. The zero-order valence-electron chi connectivity index (χ0n) is 12.8. The number of hydrogen-bond donors (Lipinski definition) is 3. The van der Waals surface area contributed by atoms with E-state index in [1.807, 2.05) is 6.07 Å². The third-order valence-corrected chi connectivity index (χ3v) is 3.88.